The van der Waals surface area contributed by atoms with Gasteiger partial charge in [0.25, 0.3) is 0 Å². The number of fused-ring (bicyclic) bond motifs is 1. The number of hydrogen-bond donors (Lipinski definition) is 1. The molecule has 1 aliphatic rings. The molecule has 0 radical (unpaired) electrons. The van der Waals surface area contributed by atoms with E-state index in [1.54, 1.807) is 12.1 Å². The van der Waals surface area contributed by atoms with Crippen LogP contribution in [0.2, 0.25) is 0 Å². The van der Waals surface area contributed by atoms with Crippen LogP contribution in [-0.2, 0) is 16.0 Å². The van der Waals surface area contributed by atoms with Crippen molar-refractivity contribution in [2.45, 2.75) is 13.3 Å². The summed E-state index contributed by atoms with van der Waals surface area (Å²) in [5.41, 5.74) is 2.22. The molecule has 1 aromatic rings. The van der Waals surface area contributed by atoms with Crippen molar-refractivity contribution in [1.29, 1.82) is 0 Å². The number of esters is 1. The predicted molar refractivity (Wildman–Crippen MR) is 59.3 cm³/mol. The summed E-state index contributed by atoms with van der Waals surface area (Å²) < 4.78 is 4.62. The van der Waals surface area contributed by atoms with E-state index in [1.165, 1.54) is 7.11 Å². The Morgan fingerprint density at radius 1 is 1.50 bits per heavy atom. The second-order valence-electron chi connectivity index (χ2n) is 3.96. The zero-order valence-electron chi connectivity index (χ0n) is 9.24. The van der Waals surface area contributed by atoms with Crippen molar-refractivity contribution in [1.82, 2.24) is 0 Å². The number of ether oxygens (including phenoxy) is 1. The van der Waals surface area contributed by atoms with E-state index in [4.69, 9.17) is 0 Å². The van der Waals surface area contributed by atoms with Crippen LogP contribution in [0.1, 0.15) is 22.8 Å². The molecule has 1 atom stereocenters. The van der Waals surface area contributed by atoms with Crippen LogP contribution in [0.5, 0.6) is 0 Å². The fourth-order valence-corrected chi connectivity index (χ4v) is 1.79. The smallest absolute Gasteiger partial charge is 0.337 e. The lowest BCUT2D eigenvalue weighted by Crippen LogP contribution is -2.27. The van der Waals surface area contributed by atoms with Crippen LogP contribution < -0.4 is 5.32 Å². The first kappa shape index (κ1) is 10.7. The number of nitrogens with one attached hydrogen (secondary N) is 1. The largest absolute Gasteiger partial charge is 0.465 e. The molecule has 0 aliphatic carbocycles. The zero-order chi connectivity index (χ0) is 11.7. The van der Waals surface area contributed by atoms with Gasteiger partial charge in [-0.2, -0.15) is 0 Å². The van der Waals surface area contributed by atoms with Crippen LogP contribution in [-0.4, -0.2) is 19.0 Å². The minimum atomic E-state index is -0.393. The molecule has 0 spiro atoms. The number of amides is 1. The van der Waals surface area contributed by atoms with Gasteiger partial charge in [-0.25, -0.2) is 4.79 Å². The highest BCUT2D eigenvalue weighted by Crippen LogP contribution is 2.26. The number of benzene rings is 1. The van der Waals surface area contributed by atoms with Crippen LogP contribution in [0.25, 0.3) is 0 Å². The first-order valence-electron chi connectivity index (χ1n) is 5.14. The summed E-state index contributed by atoms with van der Waals surface area (Å²) in [7, 11) is 1.34. The summed E-state index contributed by atoms with van der Waals surface area (Å²) in [6, 6.07) is 5.23. The molecule has 0 bridgehead atoms. The van der Waals surface area contributed by atoms with Crippen molar-refractivity contribution >= 4 is 17.6 Å². The molecule has 0 fully saturated rings. The Morgan fingerprint density at radius 2 is 2.25 bits per heavy atom. The van der Waals surface area contributed by atoms with Gasteiger partial charge in [0.2, 0.25) is 5.91 Å². The Bertz CT molecular complexity index is 454. The van der Waals surface area contributed by atoms with Gasteiger partial charge >= 0.3 is 5.97 Å². The molecule has 1 unspecified atom stereocenters. The Morgan fingerprint density at radius 3 is 2.94 bits per heavy atom. The lowest BCUT2D eigenvalue weighted by atomic mass is 9.94. The topological polar surface area (TPSA) is 55.4 Å². The number of carbonyl (C=O) groups is 2. The van der Waals surface area contributed by atoms with Crippen molar-refractivity contribution in [3.63, 3.8) is 0 Å². The summed E-state index contributed by atoms with van der Waals surface area (Å²) in [4.78, 5) is 22.8. The molecule has 0 saturated carbocycles. The number of rotatable bonds is 1. The maximum absolute atomic E-state index is 11.5. The summed E-state index contributed by atoms with van der Waals surface area (Å²) >= 11 is 0. The Labute approximate surface area is 93.6 Å². The van der Waals surface area contributed by atoms with Crippen LogP contribution in [0.4, 0.5) is 5.69 Å². The lowest BCUT2D eigenvalue weighted by molar-refractivity contribution is -0.119. The van der Waals surface area contributed by atoms with Crippen LogP contribution in [0, 0.1) is 5.92 Å². The Kier molecular flexibility index (Phi) is 2.64. The standard InChI is InChI=1S/C12H13NO3/c1-7-5-8-3-4-9(12(15)16-2)6-10(8)13-11(7)14/h3-4,6-7H,5H2,1-2H3,(H,13,14). The van der Waals surface area contributed by atoms with E-state index in [0.29, 0.717) is 17.7 Å². The highest BCUT2D eigenvalue weighted by molar-refractivity contribution is 5.98. The Balaban J connectivity index is 2.36. The van der Waals surface area contributed by atoms with Crippen molar-refractivity contribution in [2.75, 3.05) is 12.4 Å². The summed E-state index contributed by atoms with van der Waals surface area (Å²) in [5, 5.41) is 2.78. The number of carbonyl (C=O) groups excluding carboxylic acids is 2. The van der Waals surface area contributed by atoms with E-state index in [0.717, 1.165) is 5.56 Å². The third kappa shape index (κ3) is 1.78. The maximum Gasteiger partial charge on any atom is 0.337 e. The maximum atomic E-state index is 11.5. The van der Waals surface area contributed by atoms with Gasteiger partial charge in [0, 0.05) is 11.6 Å². The molecule has 84 valence electrons. The first-order chi connectivity index (χ1) is 7.61. The molecule has 0 aromatic heterocycles. The van der Waals surface area contributed by atoms with Crippen molar-refractivity contribution in [3.8, 4) is 0 Å². The van der Waals surface area contributed by atoms with Crippen molar-refractivity contribution in [2.24, 2.45) is 5.92 Å². The van der Waals surface area contributed by atoms with Gasteiger partial charge in [0.1, 0.15) is 0 Å². The molecule has 1 aromatic carbocycles. The number of anilines is 1. The van der Waals surface area contributed by atoms with E-state index >= 15 is 0 Å². The zero-order valence-corrected chi connectivity index (χ0v) is 9.24. The highest BCUT2D eigenvalue weighted by atomic mass is 16.5. The SMILES string of the molecule is COC(=O)c1ccc2c(c1)NC(=O)C(C)C2. The minimum Gasteiger partial charge on any atom is -0.465 e. The summed E-state index contributed by atoms with van der Waals surface area (Å²) in [5.74, 6) is -0.415. The van der Waals surface area contributed by atoms with Crippen LogP contribution in [0.15, 0.2) is 18.2 Å². The quantitative estimate of drug-likeness (QED) is 0.730. The average Bonchev–Trinajstić information content (AvgIpc) is 2.29. The molecular formula is C12H13NO3. The van der Waals surface area contributed by atoms with Crippen LogP contribution in [0.3, 0.4) is 0 Å². The number of hydrogen-bond acceptors (Lipinski definition) is 3. The fraction of sp³-hybridized carbons (Fsp3) is 0.333. The average molecular weight is 219 g/mol. The van der Waals surface area contributed by atoms with Gasteiger partial charge < -0.3 is 10.1 Å². The van der Waals surface area contributed by atoms with Gasteiger partial charge in [0.05, 0.1) is 12.7 Å². The third-order valence-electron chi connectivity index (χ3n) is 2.76. The lowest BCUT2D eigenvalue weighted by Gasteiger charge is -2.22. The fourth-order valence-electron chi connectivity index (χ4n) is 1.79. The third-order valence-corrected chi connectivity index (χ3v) is 2.76. The monoisotopic (exact) mass is 219 g/mol. The molecule has 16 heavy (non-hydrogen) atoms. The van der Waals surface area contributed by atoms with Gasteiger partial charge in [-0.1, -0.05) is 13.0 Å². The molecule has 1 aliphatic heterocycles. The normalized spacial score (nSPS) is 18.6. The summed E-state index contributed by atoms with van der Waals surface area (Å²) in [6.45, 7) is 1.88. The first-order valence-corrected chi connectivity index (χ1v) is 5.14. The molecule has 2 rings (SSSR count). The van der Waals surface area contributed by atoms with Gasteiger partial charge in [-0.3, -0.25) is 4.79 Å². The minimum absolute atomic E-state index is 0.00508. The molecule has 0 saturated heterocycles. The van der Waals surface area contributed by atoms with E-state index in [-0.39, 0.29) is 11.8 Å². The number of methoxy groups -OCH3 is 1. The van der Waals surface area contributed by atoms with Gasteiger partial charge in [-0.05, 0) is 24.1 Å². The van der Waals surface area contributed by atoms with E-state index in [2.05, 4.69) is 10.1 Å². The van der Waals surface area contributed by atoms with E-state index < -0.39 is 5.97 Å². The van der Waals surface area contributed by atoms with Crippen molar-refractivity contribution < 1.29 is 14.3 Å². The highest BCUT2D eigenvalue weighted by Gasteiger charge is 2.22. The molecule has 1 N–H and O–H groups in total. The van der Waals surface area contributed by atoms with E-state index in [1.807, 2.05) is 13.0 Å². The second kappa shape index (κ2) is 3.96. The molecule has 1 amide bonds. The second-order valence-corrected chi connectivity index (χ2v) is 3.96. The predicted octanol–water partition coefficient (Wildman–Crippen LogP) is 1.60. The molecule has 4 heteroatoms. The molecule has 1 heterocycles. The summed E-state index contributed by atoms with van der Waals surface area (Å²) in [6.07, 6.45) is 0.711. The molecular weight excluding hydrogens is 206 g/mol. The van der Waals surface area contributed by atoms with E-state index in [9.17, 15) is 9.59 Å². The Hall–Kier alpha value is -1.84. The van der Waals surface area contributed by atoms with Gasteiger partial charge in [-0.15, -0.1) is 0 Å². The van der Waals surface area contributed by atoms with Crippen molar-refractivity contribution in [3.05, 3.63) is 29.3 Å². The van der Waals surface area contributed by atoms with Crippen LogP contribution >= 0.6 is 0 Å². The molecule has 4 nitrogen and oxygen atoms in total. The van der Waals surface area contributed by atoms with Gasteiger partial charge in [0.15, 0.2) is 0 Å².